The minimum Gasteiger partial charge on any atom is -0.371 e. The molecule has 0 saturated heterocycles. The average Bonchev–Trinajstić information content (AvgIpc) is 2.51. The average molecular weight is 265 g/mol. The van der Waals surface area contributed by atoms with Gasteiger partial charge in [-0.05, 0) is 30.0 Å². The number of anilines is 1. The van der Waals surface area contributed by atoms with E-state index >= 15 is 0 Å². The Hall–Kier alpha value is -1.76. The summed E-state index contributed by atoms with van der Waals surface area (Å²) in [6.45, 7) is 2.28. The summed E-state index contributed by atoms with van der Waals surface area (Å²) in [6, 6.07) is 20.5. The Bertz CT molecular complexity index is 561. The van der Waals surface area contributed by atoms with Gasteiger partial charge in [-0.3, -0.25) is 0 Å². The number of para-hydroxylation sites is 1. The molecule has 0 aliphatic carbocycles. The van der Waals surface area contributed by atoms with Crippen LogP contribution in [0.5, 0.6) is 0 Å². The van der Waals surface area contributed by atoms with Gasteiger partial charge in [0.2, 0.25) is 0 Å². The van der Waals surface area contributed by atoms with Crippen LogP contribution in [-0.4, -0.2) is 13.1 Å². The molecule has 20 heavy (non-hydrogen) atoms. The Morgan fingerprint density at radius 1 is 1.00 bits per heavy atom. The highest BCUT2D eigenvalue weighted by molar-refractivity contribution is 5.60. The first-order valence-corrected chi connectivity index (χ1v) is 7.68. The third-order valence-corrected chi connectivity index (χ3v) is 4.57. The Morgan fingerprint density at radius 2 is 1.70 bits per heavy atom. The molecule has 2 atom stereocenters. The van der Waals surface area contributed by atoms with Gasteiger partial charge in [-0.15, -0.1) is 0 Å². The van der Waals surface area contributed by atoms with Crippen LogP contribution in [0.25, 0.3) is 0 Å². The number of hydrogen-bond donors (Lipinski definition) is 0. The van der Waals surface area contributed by atoms with E-state index in [9.17, 15) is 0 Å². The van der Waals surface area contributed by atoms with Gasteiger partial charge in [0.1, 0.15) is 0 Å². The van der Waals surface area contributed by atoms with Crippen molar-refractivity contribution in [1.29, 1.82) is 0 Å². The van der Waals surface area contributed by atoms with E-state index < -0.39 is 0 Å². The maximum Gasteiger partial charge on any atom is 0.0404 e. The van der Waals surface area contributed by atoms with Gasteiger partial charge in [0, 0.05) is 24.7 Å². The molecule has 0 aromatic heterocycles. The minimum absolute atomic E-state index is 0.542. The van der Waals surface area contributed by atoms with E-state index in [-0.39, 0.29) is 0 Å². The quantitative estimate of drug-likeness (QED) is 0.768. The predicted octanol–water partition coefficient (Wildman–Crippen LogP) is 4.83. The second kappa shape index (κ2) is 5.70. The summed E-state index contributed by atoms with van der Waals surface area (Å²) in [5.41, 5.74) is 4.34. The topological polar surface area (TPSA) is 3.24 Å². The number of nitrogens with zero attached hydrogens (tertiary/aromatic N) is 1. The number of fused-ring (bicyclic) bond motifs is 1. The van der Waals surface area contributed by atoms with Crippen molar-refractivity contribution >= 4 is 5.69 Å². The van der Waals surface area contributed by atoms with Gasteiger partial charge in [-0.1, -0.05) is 61.9 Å². The van der Waals surface area contributed by atoms with Gasteiger partial charge in [0.25, 0.3) is 0 Å². The van der Waals surface area contributed by atoms with Crippen LogP contribution in [-0.2, 0) is 0 Å². The van der Waals surface area contributed by atoms with Crippen LogP contribution < -0.4 is 4.90 Å². The van der Waals surface area contributed by atoms with Crippen molar-refractivity contribution in [3.63, 3.8) is 0 Å². The summed E-state index contributed by atoms with van der Waals surface area (Å²) in [4.78, 5) is 2.48. The third-order valence-electron chi connectivity index (χ3n) is 4.57. The van der Waals surface area contributed by atoms with E-state index in [0.717, 1.165) is 0 Å². The van der Waals surface area contributed by atoms with Crippen molar-refractivity contribution in [3.05, 3.63) is 65.7 Å². The smallest absolute Gasteiger partial charge is 0.0404 e. The molecule has 0 bridgehead atoms. The lowest BCUT2D eigenvalue weighted by molar-refractivity contribution is 0.485. The molecule has 2 aromatic carbocycles. The molecule has 0 saturated carbocycles. The monoisotopic (exact) mass is 265 g/mol. The Morgan fingerprint density at radius 3 is 2.45 bits per heavy atom. The van der Waals surface area contributed by atoms with E-state index in [4.69, 9.17) is 0 Å². The summed E-state index contributed by atoms with van der Waals surface area (Å²) >= 11 is 0. The second-order valence-electron chi connectivity index (χ2n) is 5.81. The lowest BCUT2D eigenvalue weighted by atomic mass is 9.80. The molecule has 104 valence electrons. The molecule has 0 fully saturated rings. The van der Waals surface area contributed by atoms with Crippen molar-refractivity contribution in [2.75, 3.05) is 11.9 Å². The zero-order valence-electron chi connectivity index (χ0n) is 12.4. The molecule has 1 aliphatic heterocycles. The lowest BCUT2D eigenvalue weighted by Crippen LogP contribution is -2.37. The van der Waals surface area contributed by atoms with Gasteiger partial charge in [-0.2, -0.15) is 0 Å². The van der Waals surface area contributed by atoms with Gasteiger partial charge in [0.15, 0.2) is 0 Å². The standard InChI is InChI=1S/C19H23N/c1-3-9-16-14-18(15-10-5-4-6-11-15)17-12-7-8-13-19(17)20(16)2/h4-8,10-13,16,18H,3,9,14H2,1-2H3. The first-order chi connectivity index (χ1) is 9.81. The van der Waals surface area contributed by atoms with Crippen molar-refractivity contribution in [3.8, 4) is 0 Å². The van der Waals surface area contributed by atoms with E-state index in [2.05, 4.69) is 73.5 Å². The third kappa shape index (κ3) is 2.33. The normalized spacial score (nSPS) is 21.6. The first-order valence-electron chi connectivity index (χ1n) is 7.68. The minimum atomic E-state index is 0.542. The molecule has 0 amide bonds. The van der Waals surface area contributed by atoms with Crippen LogP contribution >= 0.6 is 0 Å². The van der Waals surface area contributed by atoms with E-state index in [0.29, 0.717) is 12.0 Å². The molecule has 1 aliphatic rings. The van der Waals surface area contributed by atoms with E-state index in [1.165, 1.54) is 36.1 Å². The molecule has 1 heteroatoms. The number of benzene rings is 2. The van der Waals surface area contributed by atoms with Gasteiger partial charge < -0.3 is 4.90 Å². The summed E-state index contributed by atoms with van der Waals surface area (Å²) in [5, 5.41) is 0. The molecule has 0 spiro atoms. The Labute approximate surface area is 122 Å². The van der Waals surface area contributed by atoms with Crippen LogP contribution in [0.3, 0.4) is 0 Å². The molecule has 1 nitrogen and oxygen atoms in total. The number of rotatable bonds is 3. The summed E-state index contributed by atoms with van der Waals surface area (Å²) < 4.78 is 0. The van der Waals surface area contributed by atoms with Crippen LogP contribution in [0.15, 0.2) is 54.6 Å². The molecule has 2 aromatic rings. The van der Waals surface area contributed by atoms with Crippen molar-refractivity contribution in [1.82, 2.24) is 0 Å². The maximum atomic E-state index is 2.48. The van der Waals surface area contributed by atoms with Crippen molar-refractivity contribution in [2.45, 2.75) is 38.1 Å². The highest BCUT2D eigenvalue weighted by Crippen LogP contribution is 2.42. The number of hydrogen-bond acceptors (Lipinski definition) is 1. The van der Waals surface area contributed by atoms with Crippen LogP contribution in [0, 0.1) is 0 Å². The highest BCUT2D eigenvalue weighted by Gasteiger charge is 2.30. The van der Waals surface area contributed by atoms with Crippen LogP contribution in [0.4, 0.5) is 5.69 Å². The molecule has 0 N–H and O–H groups in total. The molecule has 0 radical (unpaired) electrons. The van der Waals surface area contributed by atoms with Crippen molar-refractivity contribution < 1.29 is 0 Å². The highest BCUT2D eigenvalue weighted by atomic mass is 15.1. The summed E-state index contributed by atoms with van der Waals surface area (Å²) in [6.07, 6.45) is 3.75. The van der Waals surface area contributed by atoms with Gasteiger partial charge >= 0.3 is 0 Å². The summed E-state index contributed by atoms with van der Waals surface area (Å²) in [7, 11) is 2.25. The Kier molecular flexibility index (Phi) is 3.77. The predicted molar refractivity (Wildman–Crippen MR) is 86.4 cm³/mol. The Balaban J connectivity index is 2.04. The van der Waals surface area contributed by atoms with E-state index in [1.54, 1.807) is 0 Å². The van der Waals surface area contributed by atoms with Crippen LogP contribution in [0.1, 0.15) is 43.2 Å². The van der Waals surface area contributed by atoms with E-state index in [1.807, 2.05) is 0 Å². The second-order valence-corrected chi connectivity index (χ2v) is 5.81. The largest absolute Gasteiger partial charge is 0.371 e. The zero-order chi connectivity index (χ0) is 13.9. The van der Waals surface area contributed by atoms with Crippen molar-refractivity contribution in [2.24, 2.45) is 0 Å². The lowest BCUT2D eigenvalue weighted by Gasteiger charge is -2.40. The van der Waals surface area contributed by atoms with Gasteiger partial charge in [0.05, 0.1) is 0 Å². The first kappa shape index (κ1) is 13.2. The zero-order valence-corrected chi connectivity index (χ0v) is 12.4. The fraction of sp³-hybridized carbons (Fsp3) is 0.368. The molecular weight excluding hydrogens is 242 g/mol. The molecule has 2 unspecified atom stereocenters. The maximum absolute atomic E-state index is 2.48. The molecule has 1 heterocycles. The summed E-state index contributed by atoms with van der Waals surface area (Å²) in [5.74, 6) is 0.542. The van der Waals surface area contributed by atoms with Crippen LogP contribution in [0.2, 0.25) is 0 Å². The molecular formula is C19H23N. The molecule has 3 rings (SSSR count). The van der Waals surface area contributed by atoms with Gasteiger partial charge in [-0.25, -0.2) is 0 Å². The fourth-order valence-corrected chi connectivity index (χ4v) is 3.50. The SMILES string of the molecule is CCCC1CC(c2ccccc2)c2ccccc2N1C. The fourth-order valence-electron chi connectivity index (χ4n) is 3.50.